The summed E-state index contributed by atoms with van der Waals surface area (Å²) in [6.07, 6.45) is 24.0. The number of aldehydes is 1. The maximum absolute atomic E-state index is 11.2. The number of allylic oxidation sites excluding steroid dienone is 12. The molecule has 4 rings (SSSR count). The molecule has 0 unspecified atom stereocenters. The fourth-order valence-corrected chi connectivity index (χ4v) is 7.90. The summed E-state index contributed by atoms with van der Waals surface area (Å²) in [6.45, 7) is 25.8. The van der Waals surface area contributed by atoms with Crippen molar-refractivity contribution in [3.8, 4) is 0 Å². The van der Waals surface area contributed by atoms with Gasteiger partial charge in [0.05, 0.1) is 24.1 Å². The number of carbonyl (C=O) groups is 3. The van der Waals surface area contributed by atoms with Gasteiger partial charge in [0.1, 0.15) is 6.29 Å². The minimum Gasteiger partial charge on any atom is -0.681 e. The van der Waals surface area contributed by atoms with E-state index in [1.165, 1.54) is 22.3 Å². The van der Waals surface area contributed by atoms with E-state index in [1.807, 2.05) is 32.9 Å². The van der Waals surface area contributed by atoms with Crippen molar-refractivity contribution >= 4 is 41.8 Å². The molecular formula is C54H72FeN4O6. The average molecular weight is 929 g/mol. The van der Waals surface area contributed by atoms with Gasteiger partial charge < -0.3 is 25.6 Å². The van der Waals surface area contributed by atoms with Gasteiger partial charge in [-0.25, -0.2) is 0 Å². The third kappa shape index (κ3) is 18.0. The molecule has 0 amide bonds. The molecule has 0 saturated heterocycles. The van der Waals surface area contributed by atoms with E-state index in [4.69, 9.17) is 20.2 Å². The number of aliphatic hydroxyl groups is 1. The molecular weight excluding hydrogens is 856 g/mol. The molecule has 0 aliphatic carbocycles. The van der Waals surface area contributed by atoms with Crippen LogP contribution in [-0.2, 0) is 31.5 Å². The monoisotopic (exact) mass is 928 g/mol. The first-order valence-corrected chi connectivity index (χ1v) is 22.6. The van der Waals surface area contributed by atoms with E-state index in [1.54, 1.807) is 6.08 Å². The number of aromatic nitrogens is 1. The van der Waals surface area contributed by atoms with E-state index in [0.717, 1.165) is 101 Å². The van der Waals surface area contributed by atoms with Crippen molar-refractivity contribution in [3.05, 3.63) is 132 Å². The van der Waals surface area contributed by atoms with Crippen LogP contribution in [0.2, 0.25) is 0 Å². The van der Waals surface area contributed by atoms with Gasteiger partial charge in [-0.2, -0.15) is 5.69 Å². The zero-order valence-corrected chi connectivity index (χ0v) is 41.6. The molecule has 352 valence electrons. The molecule has 1 aromatic rings. The number of carbonyl (C=O) groups excluding carboxylic acids is 1. The smallest absolute Gasteiger partial charge is 0.681 e. The van der Waals surface area contributed by atoms with Gasteiger partial charge in [-0.1, -0.05) is 95.0 Å². The standard InChI is InChI=1S/C37H53N2O.C17H20N2O5.Fe/c1-11-33-30(8)34(39-32(33)10)24-35-37(29(7)31(9)38-35)36(40)23-15-22-28(6)21-14-20-27(5)19-13-18-26(4)17-12-16-25(2)3;1-10-7-18-14(12(10)2-4-16(21)22)6-15-13(3-5-17(23)24)11(9-20)8-19-15;/h11,16,18,20,22,24,36,40H,1,12-15,17,19,21,23H2,2-10H3;6,9H,2-5,7-8H2,1H3,(H3,18,19,21,22,23,24);/q-1;;+2/p-1/b26-18+,27-20+,28-22+,35-24-;;/t36-;;/m0../s1. The second kappa shape index (κ2) is 28.1. The fourth-order valence-electron chi connectivity index (χ4n) is 7.90. The van der Waals surface area contributed by atoms with Crippen LogP contribution in [0.3, 0.4) is 0 Å². The largest absolute Gasteiger partial charge is 2.00 e. The second-order valence-corrected chi connectivity index (χ2v) is 17.4. The van der Waals surface area contributed by atoms with E-state index >= 15 is 0 Å². The first kappa shape index (κ1) is 56.0. The maximum Gasteiger partial charge on any atom is 2.00 e. The number of carboxylic acids is 2. The van der Waals surface area contributed by atoms with Crippen LogP contribution in [0.1, 0.15) is 155 Å². The number of nitrogens with zero attached hydrogens (tertiary/aromatic N) is 4. The number of hydrogen-bond acceptors (Lipinski definition) is 6. The Bertz CT molecular complexity index is 2260. The normalized spacial score (nSPS) is 17.2. The third-order valence-electron chi connectivity index (χ3n) is 11.9. The molecule has 3 aliphatic rings. The number of aliphatic carboxylic acids is 2. The van der Waals surface area contributed by atoms with Gasteiger partial charge in [0, 0.05) is 29.7 Å². The Kier molecular flexibility index (Phi) is 24.2. The zero-order valence-electron chi connectivity index (χ0n) is 40.5. The van der Waals surface area contributed by atoms with Gasteiger partial charge in [0.15, 0.2) is 0 Å². The van der Waals surface area contributed by atoms with Crippen LogP contribution < -0.4 is 4.98 Å². The molecule has 11 heteroatoms. The summed E-state index contributed by atoms with van der Waals surface area (Å²) in [5.74, 6) is -1.81. The number of aliphatic imine (C=N–C) groups is 2. The minimum absolute atomic E-state index is 0. The molecule has 0 bridgehead atoms. The predicted octanol–water partition coefficient (Wildman–Crippen LogP) is 12.6. The summed E-state index contributed by atoms with van der Waals surface area (Å²) in [7, 11) is 0. The number of hydrogen-bond donors (Lipinski definition) is 3. The van der Waals surface area contributed by atoms with Crippen molar-refractivity contribution < 1.29 is 46.8 Å². The number of aryl methyl sites for hydroxylation is 1. The average Bonchev–Trinajstić information content (AvgIpc) is 3.94. The Morgan fingerprint density at radius 3 is 1.86 bits per heavy atom. The summed E-state index contributed by atoms with van der Waals surface area (Å²) in [5, 5.41) is 33.3. The molecule has 0 aromatic carbocycles. The van der Waals surface area contributed by atoms with E-state index in [-0.39, 0.29) is 42.9 Å². The van der Waals surface area contributed by atoms with Crippen molar-refractivity contribution in [2.24, 2.45) is 9.98 Å². The van der Waals surface area contributed by atoms with E-state index in [2.05, 4.69) is 89.7 Å². The Labute approximate surface area is 399 Å². The van der Waals surface area contributed by atoms with Gasteiger partial charge in [-0.3, -0.25) is 24.4 Å². The van der Waals surface area contributed by atoms with Gasteiger partial charge in [0.25, 0.3) is 0 Å². The van der Waals surface area contributed by atoms with E-state index in [9.17, 15) is 19.5 Å². The van der Waals surface area contributed by atoms with Crippen LogP contribution in [-0.4, -0.2) is 64.2 Å². The van der Waals surface area contributed by atoms with E-state index in [0.29, 0.717) is 48.2 Å². The topological polar surface area (TPSA) is 165 Å². The molecule has 0 fully saturated rings. The Morgan fingerprint density at radius 1 is 0.785 bits per heavy atom. The Hall–Kier alpha value is -5.09. The Morgan fingerprint density at radius 2 is 1.34 bits per heavy atom. The summed E-state index contributed by atoms with van der Waals surface area (Å²) in [5.41, 5.74) is 17.9. The predicted molar refractivity (Wildman–Crippen MR) is 265 cm³/mol. The van der Waals surface area contributed by atoms with Crippen LogP contribution in [0.5, 0.6) is 0 Å². The second-order valence-electron chi connectivity index (χ2n) is 17.4. The maximum atomic E-state index is 11.2. The molecule has 4 heterocycles. The molecule has 1 atom stereocenters. The molecule has 65 heavy (non-hydrogen) atoms. The number of rotatable bonds is 23. The van der Waals surface area contributed by atoms with Crippen LogP contribution >= 0.6 is 0 Å². The summed E-state index contributed by atoms with van der Waals surface area (Å²) in [4.78, 5) is 46.5. The van der Waals surface area contributed by atoms with Gasteiger partial charge >= 0.3 is 29.0 Å². The molecule has 0 saturated carbocycles. The molecule has 0 radical (unpaired) electrons. The van der Waals surface area contributed by atoms with Crippen LogP contribution in [0.25, 0.3) is 17.5 Å². The van der Waals surface area contributed by atoms with Crippen molar-refractivity contribution in [1.82, 2.24) is 4.98 Å². The minimum atomic E-state index is -0.935. The summed E-state index contributed by atoms with van der Waals surface area (Å²) < 4.78 is 0. The van der Waals surface area contributed by atoms with Crippen molar-refractivity contribution in [1.29, 1.82) is 0 Å². The SMILES string of the molecule is C=Cc1c(C)[n-]c(/C=C2\N=C(C)C(C)=C2[C@@H](O)CC/C=C(\C)CC/C=C(\C)CC/C=C(\C)CCC=C(C)C)c1C.CC1=C(CCC(=O)O)/C(=C/C2=NCC(C=O)=C2CCC(=O)O)[N-]C1.[Fe+2]. The molecule has 0 spiro atoms. The summed E-state index contributed by atoms with van der Waals surface area (Å²) >= 11 is 0. The number of aliphatic hydroxyl groups excluding tert-OH is 1. The van der Waals surface area contributed by atoms with Crippen molar-refractivity contribution in [2.45, 2.75) is 152 Å². The molecule has 10 nitrogen and oxygen atoms in total. The zero-order chi connectivity index (χ0) is 47.5. The first-order chi connectivity index (χ1) is 30.4. The quantitative estimate of drug-likeness (QED) is 0.0558. The Balaban J connectivity index is 0.000000495. The van der Waals surface area contributed by atoms with E-state index < -0.39 is 18.0 Å². The molecule has 1 aromatic heterocycles. The fraction of sp³-hybridized carbons (Fsp3) is 0.463. The van der Waals surface area contributed by atoms with Gasteiger partial charge in [-0.05, 0) is 143 Å². The van der Waals surface area contributed by atoms with Crippen LogP contribution in [0.4, 0.5) is 0 Å². The summed E-state index contributed by atoms with van der Waals surface area (Å²) in [6, 6.07) is 0. The van der Waals surface area contributed by atoms with Crippen LogP contribution in [0.15, 0.2) is 114 Å². The first-order valence-electron chi connectivity index (χ1n) is 22.6. The number of carboxylic acid groups (broad SMARTS) is 2. The third-order valence-corrected chi connectivity index (χ3v) is 11.9. The van der Waals surface area contributed by atoms with Gasteiger partial charge in [-0.15, -0.1) is 17.9 Å². The van der Waals surface area contributed by atoms with Gasteiger partial charge in [0.2, 0.25) is 0 Å². The molecule has 3 aliphatic heterocycles. The van der Waals surface area contributed by atoms with Crippen molar-refractivity contribution in [2.75, 3.05) is 13.1 Å². The van der Waals surface area contributed by atoms with Crippen molar-refractivity contribution in [3.63, 3.8) is 0 Å². The molecule has 3 N–H and O–H groups in total. The van der Waals surface area contributed by atoms with Crippen LogP contribution in [0, 0.1) is 13.8 Å².